The molecule has 0 radical (unpaired) electrons. The summed E-state index contributed by atoms with van der Waals surface area (Å²) in [6.07, 6.45) is 0.481. The first-order chi connectivity index (χ1) is 15.5. The molecular weight excluding hydrogens is 471 g/mol. The van der Waals surface area contributed by atoms with E-state index in [4.69, 9.17) is 0 Å². The van der Waals surface area contributed by atoms with Crippen molar-refractivity contribution in [3.05, 3.63) is 106 Å². The van der Waals surface area contributed by atoms with Crippen molar-refractivity contribution in [1.82, 2.24) is 10.2 Å². The lowest BCUT2D eigenvalue weighted by Gasteiger charge is -2.31. The third-order valence-electron chi connectivity index (χ3n) is 5.13. The summed E-state index contributed by atoms with van der Waals surface area (Å²) in [5.41, 5.74) is 2.58. The van der Waals surface area contributed by atoms with Gasteiger partial charge in [0.25, 0.3) is 0 Å². The summed E-state index contributed by atoms with van der Waals surface area (Å²) in [5, 5.41) is 2.88. The van der Waals surface area contributed by atoms with Crippen LogP contribution in [0.1, 0.15) is 23.6 Å². The zero-order chi connectivity index (χ0) is 22.9. The highest BCUT2D eigenvalue weighted by Gasteiger charge is 2.30. The molecule has 0 saturated carbocycles. The van der Waals surface area contributed by atoms with Crippen molar-refractivity contribution in [2.24, 2.45) is 0 Å². The molecular formula is C26H26BrFN2O2. The van der Waals surface area contributed by atoms with Crippen molar-refractivity contribution >= 4 is 27.7 Å². The molecule has 6 heteroatoms. The van der Waals surface area contributed by atoms with Gasteiger partial charge in [0.15, 0.2) is 0 Å². The summed E-state index contributed by atoms with van der Waals surface area (Å²) in [5.74, 6) is -0.737. The number of rotatable bonds is 9. The zero-order valence-electron chi connectivity index (χ0n) is 17.9. The van der Waals surface area contributed by atoms with Crippen LogP contribution in [-0.2, 0) is 29.0 Å². The van der Waals surface area contributed by atoms with Gasteiger partial charge in [-0.2, -0.15) is 0 Å². The SMILES string of the molecule is CCNC(=O)[C@H](Cc1ccccc1)N(Cc1cccc(Br)c1)C(=O)Cc1ccc(F)cc1. The van der Waals surface area contributed by atoms with E-state index in [1.54, 1.807) is 17.0 Å². The summed E-state index contributed by atoms with van der Waals surface area (Å²) in [7, 11) is 0. The van der Waals surface area contributed by atoms with Crippen LogP contribution in [0.15, 0.2) is 83.3 Å². The lowest BCUT2D eigenvalue weighted by molar-refractivity contribution is -0.140. The van der Waals surface area contributed by atoms with Gasteiger partial charge in [-0.05, 0) is 47.9 Å². The van der Waals surface area contributed by atoms with Crippen LogP contribution in [0.3, 0.4) is 0 Å². The monoisotopic (exact) mass is 496 g/mol. The lowest BCUT2D eigenvalue weighted by atomic mass is 10.0. The number of benzene rings is 3. The minimum absolute atomic E-state index is 0.0823. The van der Waals surface area contributed by atoms with Crippen molar-refractivity contribution < 1.29 is 14.0 Å². The number of carbonyl (C=O) groups excluding carboxylic acids is 2. The smallest absolute Gasteiger partial charge is 0.243 e. The largest absolute Gasteiger partial charge is 0.355 e. The molecule has 0 unspecified atom stereocenters. The Kier molecular flexibility index (Phi) is 8.56. The third-order valence-corrected chi connectivity index (χ3v) is 5.63. The second-order valence-corrected chi connectivity index (χ2v) is 8.47. The number of likely N-dealkylation sites (N-methyl/N-ethyl adjacent to an activating group) is 1. The number of nitrogens with zero attached hydrogens (tertiary/aromatic N) is 1. The quantitative estimate of drug-likeness (QED) is 0.457. The van der Waals surface area contributed by atoms with Gasteiger partial charge in [-0.25, -0.2) is 4.39 Å². The lowest BCUT2D eigenvalue weighted by Crippen LogP contribution is -2.50. The molecule has 0 fully saturated rings. The molecule has 3 aromatic rings. The van der Waals surface area contributed by atoms with Crippen LogP contribution < -0.4 is 5.32 Å². The Balaban J connectivity index is 1.94. The molecule has 0 aliphatic rings. The van der Waals surface area contributed by atoms with Gasteiger partial charge in [0.2, 0.25) is 11.8 Å². The second kappa shape index (κ2) is 11.6. The molecule has 2 amide bonds. The van der Waals surface area contributed by atoms with Crippen LogP contribution in [0.5, 0.6) is 0 Å². The Morgan fingerprint density at radius 2 is 1.62 bits per heavy atom. The van der Waals surface area contributed by atoms with Crippen LogP contribution in [0.25, 0.3) is 0 Å². The van der Waals surface area contributed by atoms with Gasteiger partial charge in [-0.15, -0.1) is 0 Å². The molecule has 0 aliphatic heterocycles. The maximum Gasteiger partial charge on any atom is 0.243 e. The summed E-state index contributed by atoms with van der Waals surface area (Å²) in [6.45, 7) is 2.62. The molecule has 0 heterocycles. The number of carbonyl (C=O) groups is 2. The first kappa shape index (κ1) is 23.7. The molecule has 4 nitrogen and oxygen atoms in total. The Bertz CT molecular complexity index is 1040. The molecule has 0 aromatic heterocycles. The predicted octanol–water partition coefficient (Wildman–Crippen LogP) is 4.91. The second-order valence-electron chi connectivity index (χ2n) is 7.55. The van der Waals surface area contributed by atoms with Gasteiger partial charge >= 0.3 is 0 Å². The number of hydrogen-bond acceptors (Lipinski definition) is 2. The van der Waals surface area contributed by atoms with Crippen LogP contribution in [-0.4, -0.2) is 29.3 Å². The Morgan fingerprint density at radius 3 is 2.28 bits per heavy atom. The van der Waals surface area contributed by atoms with Crippen LogP contribution in [0.4, 0.5) is 4.39 Å². The molecule has 3 aromatic carbocycles. The first-order valence-electron chi connectivity index (χ1n) is 10.6. The number of halogens is 2. The fraction of sp³-hybridized carbons (Fsp3) is 0.231. The summed E-state index contributed by atoms with van der Waals surface area (Å²) < 4.78 is 14.2. The maximum absolute atomic E-state index is 13.5. The Labute approximate surface area is 196 Å². The Hall–Kier alpha value is -2.99. The normalized spacial score (nSPS) is 11.6. The van der Waals surface area contributed by atoms with Crippen molar-refractivity contribution in [3.63, 3.8) is 0 Å². The van der Waals surface area contributed by atoms with Gasteiger partial charge in [0, 0.05) is 24.0 Å². The summed E-state index contributed by atoms with van der Waals surface area (Å²) in [6, 6.07) is 22.6. The molecule has 0 saturated heterocycles. The van der Waals surface area contributed by atoms with E-state index in [0.29, 0.717) is 18.5 Å². The fourth-order valence-electron chi connectivity index (χ4n) is 3.56. The van der Waals surface area contributed by atoms with Crippen molar-refractivity contribution in [2.45, 2.75) is 32.4 Å². The van der Waals surface area contributed by atoms with Gasteiger partial charge < -0.3 is 10.2 Å². The van der Waals surface area contributed by atoms with Crippen LogP contribution in [0, 0.1) is 5.82 Å². The molecule has 0 bridgehead atoms. The highest BCUT2D eigenvalue weighted by Crippen LogP contribution is 2.19. The van der Waals surface area contributed by atoms with Crippen molar-refractivity contribution in [1.29, 1.82) is 0 Å². The van der Waals surface area contributed by atoms with Gasteiger partial charge in [0.05, 0.1) is 6.42 Å². The number of nitrogens with one attached hydrogen (secondary N) is 1. The average Bonchev–Trinajstić information content (AvgIpc) is 2.78. The summed E-state index contributed by atoms with van der Waals surface area (Å²) in [4.78, 5) is 28.2. The highest BCUT2D eigenvalue weighted by atomic mass is 79.9. The van der Waals surface area contributed by atoms with Gasteiger partial charge in [0.1, 0.15) is 11.9 Å². The minimum Gasteiger partial charge on any atom is -0.355 e. The molecule has 1 atom stereocenters. The fourth-order valence-corrected chi connectivity index (χ4v) is 4.00. The Morgan fingerprint density at radius 1 is 0.938 bits per heavy atom. The molecule has 3 rings (SSSR count). The van der Waals surface area contributed by atoms with E-state index in [1.807, 2.05) is 61.5 Å². The highest BCUT2D eigenvalue weighted by molar-refractivity contribution is 9.10. The summed E-state index contributed by atoms with van der Waals surface area (Å²) >= 11 is 3.48. The number of hydrogen-bond donors (Lipinski definition) is 1. The van der Waals surface area contributed by atoms with E-state index in [2.05, 4.69) is 21.2 Å². The third kappa shape index (κ3) is 6.76. The topological polar surface area (TPSA) is 49.4 Å². The van der Waals surface area contributed by atoms with E-state index in [1.165, 1.54) is 12.1 Å². The number of amides is 2. The molecule has 32 heavy (non-hydrogen) atoms. The molecule has 1 N–H and O–H groups in total. The van der Waals surface area contributed by atoms with Gasteiger partial charge in [-0.1, -0.05) is 70.5 Å². The van der Waals surface area contributed by atoms with Crippen LogP contribution >= 0.6 is 15.9 Å². The van der Waals surface area contributed by atoms with Crippen molar-refractivity contribution in [3.8, 4) is 0 Å². The molecule has 0 spiro atoms. The standard InChI is InChI=1S/C26H26BrFN2O2/c1-2-29-26(32)24(16-19-7-4-3-5-8-19)30(18-21-9-6-10-22(27)15-21)25(31)17-20-11-13-23(28)14-12-20/h3-15,24H,2,16-18H2,1H3,(H,29,32)/t24-/m0/s1. The van der Waals surface area contributed by atoms with E-state index in [-0.39, 0.29) is 30.6 Å². The van der Waals surface area contributed by atoms with E-state index < -0.39 is 6.04 Å². The van der Waals surface area contributed by atoms with E-state index >= 15 is 0 Å². The van der Waals surface area contributed by atoms with E-state index in [9.17, 15) is 14.0 Å². The zero-order valence-corrected chi connectivity index (χ0v) is 19.5. The predicted molar refractivity (Wildman–Crippen MR) is 127 cm³/mol. The molecule has 0 aliphatic carbocycles. The molecule has 166 valence electrons. The average molecular weight is 497 g/mol. The minimum atomic E-state index is -0.677. The van der Waals surface area contributed by atoms with E-state index in [0.717, 1.165) is 15.6 Å². The maximum atomic E-state index is 13.5. The van der Waals surface area contributed by atoms with Gasteiger partial charge in [-0.3, -0.25) is 9.59 Å². The first-order valence-corrected chi connectivity index (χ1v) is 11.4. The van der Waals surface area contributed by atoms with Crippen LogP contribution in [0.2, 0.25) is 0 Å². The van der Waals surface area contributed by atoms with Crippen molar-refractivity contribution in [2.75, 3.05) is 6.54 Å².